The average Bonchev–Trinajstić information content (AvgIpc) is 3.07. The predicted molar refractivity (Wildman–Crippen MR) is 93.8 cm³/mol. The van der Waals surface area contributed by atoms with Crippen molar-refractivity contribution in [1.82, 2.24) is 15.2 Å². The lowest BCUT2D eigenvalue weighted by atomic mass is 9.84. The van der Waals surface area contributed by atoms with Crippen LogP contribution in [0.15, 0.2) is 30.5 Å². The van der Waals surface area contributed by atoms with Crippen LogP contribution in [0.2, 0.25) is 0 Å². The number of carbonyl (C=O) groups is 1. The molecule has 5 rings (SSSR count). The quantitative estimate of drug-likeness (QED) is 0.927. The Morgan fingerprint density at radius 1 is 1.29 bits per heavy atom. The number of rotatable bonds is 4. The van der Waals surface area contributed by atoms with Crippen LogP contribution >= 0.6 is 11.3 Å². The van der Waals surface area contributed by atoms with Crippen LogP contribution in [0, 0.1) is 12.8 Å². The molecule has 6 heteroatoms. The number of amides is 1. The molecule has 1 atom stereocenters. The Bertz CT molecular complexity index is 720. The molecule has 2 aromatic rings. The fourth-order valence-corrected chi connectivity index (χ4v) is 4.27. The Morgan fingerprint density at radius 2 is 2.12 bits per heavy atom. The van der Waals surface area contributed by atoms with Gasteiger partial charge in [-0.3, -0.25) is 9.78 Å². The molecule has 1 amide bonds. The van der Waals surface area contributed by atoms with Crippen LogP contribution in [-0.2, 0) is 0 Å². The van der Waals surface area contributed by atoms with Gasteiger partial charge < -0.3 is 15.0 Å². The zero-order chi connectivity index (χ0) is 16.5. The lowest BCUT2D eigenvalue weighted by molar-refractivity contribution is 0.0622. The van der Waals surface area contributed by atoms with Gasteiger partial charge in [-0.2, -0.15) is 0 Å². The molecule has 3 aliphatic heterocycles. The molecule has 126 valence electrons. The number of aromatic nitrogens is 1. The first-order chi connectivity index (χ1) is 11.7. The van der Waals surface area contributed by atoms with Crippen molar-refractivity contribution >= 4 is 17.2 Å². The monoisotopic (exact) mass is 343 g/mol. The predicted octanol–water partition coefficient (Wildman–Crippen LogP) is 3.07. The smallest absolute Gasteiger partial charge is 0.261 e. The standard InChI is InChI=1S/C18H21N3O2S/c1-12-2-3-14(10-19-12)23-17-5-4-16(24-17)18(22)20-15-11-21-8-6-13(15)7-9-21/h2-5,10,13,15H,6-9,11H2,1H3,(H,20,22)/t15-/m0/s1. The number of hydrogen-bond donors (Lipinski definition) is 1. The van der Waals surface area contributed by atoms with Gasteiger partial charge in [-0.05, 0) is 63.0 Å². The second-order valence-electron chi connectivity index (χ2n) is 6.57. The van der Waals surface area contributed by atoms with Crippen molar-refractivity contribution in [3.8, 4) is 10.8 Å². The summed E-state index contributed by atoms with van der Waals surface area (Å²) in [6.45, 7) is 5.28. The first-order valence-electron chi connectivity index (χ1n) is 8.41. The fraction of sp³-hybridized carbons (Fsp3) is 0.444. The molecule has 5 heterocycles. The summed E-state index contributed by atoms with van der Waals surface area (Å²) in [4.78, 5) is 19.9. The molecule has 2 aromatic heterocycles. The molecule has 0 radical (unpaired) electrons. The minimum absolute atomic E-state index is 0.00984. The zero-order valence-corrected chi connectivity index (χ0v) is 14.5. The topological polar surface area (TPSA) is 54.5 Å². The van der Waals surface area contributed by atoms with E-state index in [4.69, 9.17) is 4.74 Å². The van der Waals surface area contributed by atoms with Crippen molar-refractivity contribution in [2.24, 2.45) is 5.92 Å². The summed E-state index contributed by atoms with van der Waals surface area (Å²) < 4.78 is 5.77. The summed E-state index contributed by atoms with van der Waals surface area (Å²) in [5.41, 5.74) is 0.950. The lowest BCUT2D eigenvalue weighted by Gasteiger charge is -2.44. The van der Waals surface area contributed by atoms with Crippen LogP contribution in [0.1, 0.15) is 28.2 Å². The highest BCUT2D eigenvalue weighted by Crippen LogP contribution is 2.31. The van der Waals surface area contributed by atoms with Crippen LogP contribution in [0.25, 0.3) is 0 Å². The van der Waals surface area contributed by atoms with Crippen LogP contribution < -0.4 is 10.1 Å². The molecular weight excluding hydrogens is 322 g/mol. The summed E-state index contributed by atoms with van der Waals surface area (Å²) >= 11 is 1.37. The van der Waals surface area contributed by atoms with E-state index >= 15 is 0 Å². The third-order valence-electron chi connectivity index (χ3n) is 4.88. The molecule has 0 aromatic carbocycles. The summed E-state index contributed by atoms with van der Waals surface area (Å²) in [5.74, 6) is 1.33. The Hall–Kier alpha value is -1.92. The Morgan fingerprint density at radius 3 is 2.79 bits per heavy atom. The average molecular weight is 343 g/mol. The summed E-state index contributed by atoms with van der Waals surface area (Å²) in [6.07, 6.45) is 4.09. The highest BCUT2D eigenvalue weighted by atomic mass is 32.1. The Labute approximate surface area is 145 Å². The van der Waals surface area contributed by atoms with E-state index in [2.05, 4.69) is 15.2 Å². The van der Waals surface area contributed by atoms with E-state index in [0.717, 1.165) is 12.2 Å². The highest BCUT2D eigenvalue weighted by Gasteiger charge is 2.35. The van der Waals surface area contributed by atoms with E-state index < -0.39 is 0 Å². The zero-order valence-electron chi connectivity index (χ0n) is 13.7. The van der Waals surface area contributed by atoms with E-state index in [1.54, 1.807) is 6.20 Å². The maximum atomic E-state index is 12.5. The summed E-state index contributed by atoms with van der Waals surface area (Å²) in [6, 6.07) is 7.75. The third-order valence-corrected chi connectivity index (χ3v) is 5.84. The highest BCUT2D eigenvalue weighted by molar-refractivity contribution is 7.15. The Balaban J connectivity index is 1.39. The molecule has 3 saturated heterocycles. The maximum Gasteiger partial charge on any atom is 0.261 e. The van der Waals surface area contributed by atoms with E-state index in [9.17, 15) is 4.79 Å². The number of pyridine rings is 1. The molecule has 0 aliphatic carbocycles. The second-order valence-corrected chi connectivity index (χ2v) is 7.62. The van der Waals surface area contributed by atoms with Gasteiger partial charge in [0, 0.05) is 18.3 Å². The van der Waals surface area contributed by atoms with Crippen molar-refractivity contribution in [3.05, 3.63) is 41.0 Å². The molecule has 24 heavy (non-hydrogen) atoms. The van der Waals surface area contributed by atoms with Gasteiger partial charge in [0.1, 0.15) is 5.75 Å². The van der Waals surface area contributed by atoms with Gasteiger partial charge in [-0.1, -0.05) is 11.3 Å². The molecule has 3 fully saturated rings. The van der Waals surface area contributed by atoms with E-state index in [1.165, 1.54) is 37.3 Å². The van der Waals surface area contributed by atoms with Gasteiger partial charge in [0.2, 0.25) is 0 Å². The number of piperidine rings is 3. The molecule has 0 unspecified atom stereocenters. The minimum atomic E-state index is 0.00984. The number of ether oxygens (including phenoxy) is 1. The lowest BCUT2D eigenvalue weighted by Crippen LogP contribution is -2.57. The van der Waals surface area contributed by atoms with Crippen molar-refractivity contribution in [1.29, 1.82) is 0 Å². The van der Waals surface area contributed by atoms with Gasteiger partial charge >= 0.3 is 0 Å². The molecular formula is C18H21N3O2S. The van der Waals surface area contributed by atoms with Crippen LogP contribution in [0.3, 0.4) is 0 Å². The normalized spacial score (nSPS) is 25.5. The maximum absolute atomic E-state index is 12.5. The number of nitrogens with one attached hydrogen (secondary N) is 1. The summed E-state index contributed by atoms with van der Waals surface area (Å²) in [7, 11) is 0. The molecule has 0 spiro atoms. The van der Waals surface area contributed by atoms with Crippen molar-refractivity contribution < 1.29 is 9.53 Å². The fourth-order valence-electron chi connectivity index (χ4n) is 3.50. The minimum Gasteiger partial charge on any atom is -0.445 e. The van der Waals surface area contributed by atoms with Crippen LogP contribution in [-0.4, -0.2) is 41.5 Å². The van der Waals surface area contributed by atoms with E-state index in [0.29, 0.717) is 21.6 Å². The number of nitrogens with zero attached hydrogens (tertiary/aromatic N) is 2. The molecule has 1 N–H and O–H groups in total. The number of fused-ring (bicyclic) bond motifs is 3. The SMILES string of the molecule is Cc1ccc(Oc2ccc(C(=O)N[C@H]3CN4CCC3CC4)s2)cn1. The van der Waals surface area contributed by atoms with Crippen molar-refractivity contribution in [3.63, 3.8) is 0 Å². The number of aryl methyl sites for hydroxylation is 1. The molecule has 0 saturated carbocycles. The number of thiophene rings is 1. The third kappa shape index (κ3) is 3.30. The number of carbonyl (C=O) groups excluding carboxylic acids is 1. The van der Waals surface area contributed by atoms with E-state index in [-0.39, 0.29) is 11.9 Å². The van der Waals surface area contributed by atoms with Gasteiger partial charge in [-0.25, -0.2) is 0 Å². The van der Waals surface area contributed by atoms with Gasteiger partial charge in [-0.15, -0.1) is 0 Å². The van der Waals surface area contributed by atoms with Crippen molar-refractivity contribution in [2.75, 3.05) is 19.6 Å². The van der Waals surface area contributed by atoms with Crippen molar-refractivity contribution in [2.45, 2.75) is 25.8 Å². The van der Waals surface area contributed by atoms with E-state index in [1.807, 2.05) is 31.2 Å². The molecule has 5 nitrogen and oxygen atoms in total. The molecule has 3 aliphatic rings. The van der Waals surface area contributed by atoms with Gasteiger partial charge in [0.05, 0.1) is 11.1 Å². The first kappa shape index (κ1) is 15.6. The second kappa shape index (κ2) is 6.53. The largest absolute Gasteiger partial charge is 0.445 e. The van der Waals surface area contributed by atoms with Crippen LogP contribution in [0.5, 0.6) is 10.8 Å². The molecule has 2 bridgehead atoms. The Kier molecular flexibility index (Phi) is 4.24. The number of hydrogen-bond acceptors (Lipinski definition) is 5. The van der Waals surface area contributed by atoms with Gasteiger partial charge in [0.25, 0.3) is 5.91 Å². The van der Waals surface area contributed by atoms with Gasteiger partial charge in [0.15, 0.2) is 5.06 Å². The van der Waals surface area contributed by atoms with Crippen LogP contribution in [0.4, 0.5) is 0 Å². The first-order valence-corrected chi connectivity index (χ1v) is 9.22. The summed E-state index contributed by atoms with van der Waals surface area (Å²) in [5, 5.41) is 3.92.